The van der Waals surface area contributed by atoms with Crippen LogP contribution in [0.5, 0.6) is 0 Å². The maximum Gasteiger partial charge on any atom is 0.0788 e. The fraction of sp³-hybridized carbons (Fsp3) is 0.385. The summed E-state index contributed by atoms with van der Waals surface area (Å²) >= 11 is 0. The summed E-state index contributed by atoms with van der Waals surface area (Å²) in [4.78, 5) is 2.03. The molecule has 0 radical (unpaired) electrons. The molecule has 0 heterocycles. The second-order valence-corrected chi connectivity index (χ2v) is 3.67. The van der Waals surface area contributed by atoms with Gasteiger partial charge in [-0.15, -0.1) is 6.42 Å². The van der Waals surface area contributed by atoms with Gasteiger partial charge in [0.1, 0.15) is 0 Å². The largest absolute Gasteiger partial charge is 0.363 e. The number of anilines is 1. The molecule has 0 aliphatic carbocycles. The molecule has 1 aromatic carbocycles. The average Bonchev–Trinajstić information content (AvgIpc) is 2.28. The Kier molecular flexibility index (Phi) is 4.20. The highest BCUT2D eigenvalue weighted by Crippen LogP contribution is 2.18. The van der Waals surface area contributed by atoms with E-state index >= 15 is 0 Å². The molecule has 2 heteroatoms. The lowest BCUT2D eigenvalue weighted by molar-refractivity contribution is 0.698. The predicted octanol–water partition coefficient (Wildman–Crippen LogP) is 2.17. The van der Waals surface area contributed by atoms with Crippen LogP contribution in [0.3, 0.4) is 0 Å². The van der Waals surface area contributed by atoms with Gasteiger partial charge in [-0.2, -0.15) is 0 Å². The molecule has 0 aromatic heterocycles. The smallest absolute Gasteiger partial charge is 0.0788 e. The van der Waals surface area contributed by atoms with Gasteiger partial charge in [0.25, 0.3) is 0 Å². The summed E-state index contributed by atoms with van der Waals surface area (Å²) in [5.41, 5.74) is 8.23. The van der Waals surface area contributed by atoms with Crippen molar-refractivity contribution in [2.45, 2.75) is 19.4 Å². The van der Waals surface area contributed by atoms with Crippen molar-refractivity contribution in [2.75, 3.05) is 18.5 Å². The van der Waals surface area contributed by atoms with Gasteiger partial charge in [-0.05, 0) is 24.1 Å². The Morgan fingerprint density at radius 2 is 2.00 bits per heavy atom. The van der Waals surface area contributed by atoms with Crippen molar-refractivity contribution in [3.63, 3.8) is 0 Å². The van der Waals surface area contributed by atoms with Crippen LogP contribution in [-0.2, 0) is 0 Å². The summed E-state index contributed by atoms with van der Waals surface area (Å²) in [5.74, 6) is 2.62. The molecular weight excluding hydrogens is 184 g/mol. The summed E-state index contributed by atoms with van der Waals surface area (Å²) < 4.78 is 0. The van der Waals surface area contributed by atoms with Gasteiger partial charge in [0.15, 0.2) is 0 Å². The molecule has 0 unspecified atom stereocenters. The molecular formula is C13H18N2. The Morgan fingerprint density at radius 1 is 1.40 bits per heavy atom. The molecule has 1 atom stereocenters. The molecule has 80 valence electrons. The molecule has 15 heavy (non-hydrogen) atoms. The molecule has 0 saturated heterocycles. The van der Waals surface area contributed by atoms with Gasteiger partial charge in [0, 0.05) is 18.8 Å². The molecule has 0 saturated carbocycles. The summed E-state index contributed by atoms with van der Waals surface area (Å²) in [6, 6.07) is 8.38. The third-order valence-electron chi connectivity index (χ3n) is 2.53. The van der Waals surface area contributed by atoms with Gasteiger partial charge >= 0.3 is 0 Å². The van der Waals surface area contributed by atoms with Crippen molar-refractivity contribution in [1.29, 1.82) is 0 Å². The van der Waals surface area contributed by atoms with E-state index in [9.17, 15) is 0 Å². The lowest BCUT2D eigenvalue weighted by atomic mass is 10.1. The van der Waals surface area contributed by atoms with E-state index in [1.54, 1.807) is 0 Å². The first kappa shape index (κ1) is 11.6. The second-order valence-electron chi connectivity index (χ2n) is 3.67. The maximum absolute atomic E-state index is 5.93. The molecule has 0 bridgehead atoms. The van der Waals surface area contributed by atoms with E-state index in [2.05, 4.69) is 37.1 Å². The first-order valence-corrected chi connectivity index (χ1v) is 5.19. The first-order chi connectivity index (χ1) is 7.19. The quantitative estimate of drug-likeness (QED) is 0.758. The molecule has 2 N–H and O–H groups in total. The molecule has 0 amide bonds. The normalized spacial score (nSPS) is 11.9. The minimum Gasteiger partial charge on any atom is -0.363 e. The number of hydrogen-bond acceptors (Lipinski definition) is 2. The topological polar surface area (TPSA) is 29.3 Å². The monoisotopic (exact) mass is 202 g/mol. The Balaban J connectivity index is 2.77. The van der Waals surface area contributed by atoms with E-state index in [0.29, 0.717) is 6.54 Å². The highest BCUT2D eigenvalue weighted by molar-refractivity contribution is 5.48. The molecule has 0 aliphatic rings. The summed E-state index contributed by atoms with van der Waals surface area (Å²) in [6.45, 7) is 2.71. The highest BCUT2D eigenvalue weighted by atomic mass is 15.1. The number of nitrogens with two attached hydrogens (primary N) is 1. The average molecular weight is 202 g/mol. The number of hydrogen-bond donors (Lipinski definition) is 1. The standard InChI is InChI=1S/C13H18N2/c1-4-10-15(3)12-8-6-11(7-9-12)13(14)5-2/h1,6-9,13H,5,10,14H2,2-3H3/t13-/m0/s1. The zero-order chi connectivity index (χ0) is 11.3. The first-order valence-electron chi connectivity index (χ1n) is 5.19. The van der Waals surface area contributed by atoms with Gasteiger partial charge in [0.2, 0.25) is 0 Å². The van der Waals surface area contributed by atoms with Crippen LogP contribution in [0, 0.1) is 12.3 Å². The summed E-state index contributed by atoms with van der Waals surface area (Å²) in [5, 5.41) is 0. The van der Waals surface area contributed by atoms with Gasteiger partial charge in [-0.25, -0.2) is 0 Å². The van der Waals surface area contributed by atoms with Gasteiger partial charge in [-0.1, -0.05) is 25.0 Å². The lowest BCUT2D eigenvalue weighted by Gasteiger charge is -2.17. The van der Waals surface area contributed by atoms with E-state index in [1.807, 2.05) is 11.9 Å². The molecule has 0 fully saturated rings. The molecule has 2 nitrogen and oxygen atoms in total. The Hall–Kier alpha value is -1.46. The zero-order valence-corrected chi connectivity index (χ0v) is 9.40. The van der Waals surface area contributed by atoms with Crippen LogP contribution in [-0.4, -0.2) is 13.6 Å². The van der Waals surface area contributed by atoms with Crippen LogP contribution in [0.2, 0.25) is 0 Å². The Morgan fingerprint density at radius 3 is 2.47 bits per heavy atom. The zero-order valence-electron chi connectivity index (χ0n) is 9.40. The summed E-state index contributed by atoms with van der Waals surface area (Å²) in [7, 11) is 1.98. The number of rotatable bonds is 4. The summed E-state index contributed by atoms with van der Waals surface area (Å²) in [6.07, 6.45) is 6.21. The van der Waals surface area contributed by atoms with Gasteiger partial charge in [-0.3, -0.25) is 0 Å². The van der Waals surface area contributed by atoms with E-state index < -0.39 is 0 Å². The highest BCUT2D eigenvalue weighted by Gasteiger charge is 2.03. The van der Waals surface area contributed by atoms with Gasteiger partial charge in [0.05, 0.1) is 6.54 Å². The maximum atomic E-state index is 5.93. The van der Waals surface area contributed by atoms with Crippen LogP contribution in [0.25, 0.3) is 0 Å². The number of benzene rings is 1. The SMILES string of the molecule is C#CCN(C)c1ccc([C@@H](N)CC)cc1. The van der Waals surface area contributed by atoms with E-state index in [4.69, 9.17) is 12.2 Å². The molecule has 0 aliphatic heterocycles. The molecule has 1 rings (SSSR count). The van der Waals surface area contributed by atoms with E-state index in [-0.39, 0.29) is 6.04 Å². The third-order valence-corrected chi connectivity index (χ3v) is 2.53. The molecule has 0 spiro atoms. The van der Waals surface area contributed by atoms with Crippen LogP contribution in [0.15, 0.2) is 24.3 Å². The van der Waals surface area contributed by atoms with Crippen LogP contribution in [0.4, 0.5) is 5.69 Å². The van der Waals surface area contributed by atoms with Crippen molar-refractivity contribution < 1.29 is 0 Å². The second kappa shape index (κ2) is 5.43. The van der Waals surface area contributed by atoms with Crippen molar-refractivity contribution in [1.82, 2.24) is 0 Å². The molecule has 1 aromatic rings. The fourth-order valence-electron chi connectivity index (χ4n) is 1.44. The van der Waals surface area contributed by atoms with Gasteiger partial charge < -0.3 is 10.6 Å². The number of nitrogens with zero attached hydrogens (tertiary/aromatic N) is 1. The van der Waals surface area contributed by atoms with Crippen LogP contribution in [0.1, 0.15) is 24.9 Å². The van der Waals surface area contributed by atoms with Crippen molar-refractivity contribution in [2.24, 2.45) is 5.73 Å². The minimum absolute atomic E-state index is 0.136. The van der Waals surface area contributed by atoms with Crippen molar-refractivity contribution in [3.05, 3.63) is 29.8 Å². The van der Waals surface area contributed by atoms with Crippen molar-refractivity contribution >= 4 is 5.69 Å². The lowest BCUT2D eigenvalue weighted by Crippen LogP contribution is -2.17. The fourth-order valence-corrected chi connectivity index (χ4v) is 1.44. The number of terminal acetylenes is 1. The Bertz CT molecular complexity index is 335. The van der Waals surface area contributed by atoms with E-state index in [1.165, 1.54) is 5.56 Å². The predicted molar refractivity (Wildman–Crippen MR) is 65.8 cm³/mol. The minimum atomic E-state index is 0.136. The van der Waals surface area contributed by atoms with Crippen LogP contribution >= 0.6 is 0 Å². The van der Waals surface area contributed by atoms with Crippen molar-refractivity contribution in [3.8, 4) is 12.3 Å². The Labute approximate surface area is 92.1 Å². The third kappa shape index (κ3) is 3.00. The van der Waals surface area contributed by atoms with E-state index in [0.717, 1.165) is 12.1 Å². The van der Waals surface area contributed by atoms with Crippen LogP contribution < -0.4 is 10.6 Å².